The van der Waals surface area contributed by atoms with Gasteiger partial charge in [-0.15, -0.1) is 0 Å². The summed E-state index contributed by atoms with van der Waals surface area (Å²) >= 11 is -2.18. The van der Waals surface area contributed by atoms with Crippen LogP contribution < -0.4 is 24.8 Å². The molecule has 0 radical (unpaired) electrons. The van der Waals surface area contributed by atoms with E-state index in [4.69, 9.17) is 0 Å². The standard InChI is InChI=1S/2C14H11.C2H6Si.2ClH.Hf/c2*1-10-8-12-7-6-11-4-2-3-5-13(11)14(12)9-10;1-3-2;;;/h2*2-9H,1H3;1-2H3;2*1H;/q;;;;;+2/p-2. The molecule has 0 aliphatic heterocycles. The molecule has 0 heterocycles. The van der Waals surface area contributed by atoms with Crippen molar-refractivity contribution in [1.82, 2.24) is 0 Å². The van der Waals surface area contributed by atoms with E-state index in [1.54, 1.807) is 22.3 Å². The minimum absolute atomic E-state index is 0. The molecule has 0 bridgehead atoms. The van der Waals surface area contributed by atoms with Gasteiger partial charge in [0.25, 0.3) is 0 Å². The van der Waals surface area contributed by atoms with Gasteiger partial charge in [-0.1, -0.05) is 0 Å². The van der Waals surface area contributed by atoms with Crippen molar-refractivity contribution >= 4 is 39.2 Å². The van der Waals surface area contributed by atoms with E-state index in [9.17, 15) is 0 Å². The molecular weight excluding hydrogens is 638 g/mol. The number of benzene rings is 4. The van der Waals surface area contributed by atoms with Crippen molar-refractivity contribution in [3.63, 3.8) is 0 Å². The van der Waals surface area contributed by atoms with E-state index >= 15 is 0 Å². The summed E-state index contributed by atoms with van der Waals surface area (Å²) in [4.78, 5) is 0. The number of fused-ring (bicyclic) bond motifs is 6. The molecule has 0 amide bonds. The first-order valence-corrected chi connectivity index (χ1v) is 23.7. The third-order valence-corrected chi connectivity index (χ3v) is 35.8. The summed E-state index contributed by atoms with van der Waals surface area (Å²) in [6, 6.07) is 27.5. The summed E-state index contributed by atoms with van der Waals surface area (Å²) in [5.41, 5.74) is 9.19. The van der Waals surface area contributed by atoms with E-state index in [0.717, 1.165) is 0 Å². The molecule has 6 rings (SSSR count). The maximum atomic E-state index is 2.62. The molecule has 4 aromatic rings. The summed E-state index contributed by atoms with van der Waals surface area (Å²) in [6.07, 6.45) is 5.07. The van der Waals surface area contributed by atoms with Gasteiger partial charge in [0.15, 0.2) is 0 Å². The molecule has 34 heavy (non-hydrogen) atoms. The predicted octanol–water partition coefficient (Wildman–Crippen LogP) is 2.49. The Morgan fingerprint density at radius 3 is 1.41 bits per heavy atom. The smallest absolute Gasteiger partial charge is 1.00 e. The zero-order valence-electron chi connectivity index (χ0n) is 20.0. The van der Waals surface area contributed by atoms with Gasteiger partial charge in [0.2, 0.25) is 0 Å². The minimum Gasteiger partial charge on any atom is -1.00 e. The molecule has 0 fully saturated rings. The molecule has 170 valence electrons. The molecule has 0 saturated heterocycles. The summed E-state index contributed by atoms with van der Waals surface area (Å²) in [6.45, 7) is 10.1. The summed E-state index contributed by atoms with van der Waals surface area (Å²) in [5, 5.41) is 5.61. The molecular formula is C30H28Cl2HfSi. The van der Waals surface area contributed by atoms with Crippen molar-refractivity contribution in [2.45, 2.75) is 34.3 Å². The second kappa shape index (κ2) is 9.89. The fourth-order valence-electron chi connectivity index (χ4n) is 6.13. The molecule has 4 aromatic carbocycles. The van der Waals surface area contributed by atoms with Crippen molar-refractivity contribution in [2.24, 2.45) is 0 Å². The van der Waals surface area contributed by atoms with E-state index < -0.39 is 20.1 Å². The number of halogens is 2. The van der Waals surface area contributed by atoms with Crippen LogP contribution >= 0.6 is 0 Å². The molecule has 2 atom stereocenters. The van der Waals surface area contributed by atoms with Crippen LogP contribution in [-0.2, 0) is 20.1 Å². The number of allylic oxidation sites excluding steroid dienone is 2. The van der Waals surface area contributed by atoms with Crippen LogP contribution in [0.2, 0.25) is 13.1 Å². The van der Waals surface area contributed by atoms with Gasteiger partial charge in [0.05, 0.1) is 0 Å². The maximum absolute atomic E-state index is 2.62. The van der Waals surface area contributed by atoms with Gasteiger partial charge in [-0.3, -0.25) is 0 Å². The van der Waals surface area contributed by atoms with Crippen molar-refractivity contribution in [1.29, 1.82) is 0 Å². The monoisotopic (exact) mass is 666 g/mol. The van der Waals surface area contributed by atoms with Crippen molar-refractivity contribution in [2.75, 3.05) is 0 Å². The van der Waals surface area contributed by atoms with Crippen LogP contribution in [0.3, 0.4) is 0 Å². The van der Waals surface area contributed by atoms with E-state index in [0.29, 0.717) is 7.35 Å². The van der Waals surface area contributed by atoms with Gasteiger partial charge in [-0.25, -0.2) is 0 Å². The Labute approximate surface area is 223 Å². The summed E-state index contributed by atoms with van der Waals surface area (Å²) < 4.78 is 1.43. The van der Waals surface area contributed by atoms with Crippen LogP contribution in [0.4, 0.5) is 0 Å². The van der Waals surface area contributed by atoms with Gasteiger partial charge >= 0.3 is 200 Å². The Kier molecular flexibility index (Phi) is 7.46. The molecule has 0 spiro atoms. The predicted molar refractivity (Wildman–Crippen MR) is 138 cm³/mol. The van der Waals surface area contributed by atoms with E-state index in [1.165, 1.54) is 32.7 Å². The normalized spacial score (nSPS) is 17.6. The van der Waals surface area contributed by atoms with Crippen LogP contribution in [-0.4, -0.2) is 5.49 Å². The van der Waals surface area contributed by atoms with Gasteiger partial charge in [-0.2, -0.15) is 0 Å². The van der Waals surface area contributed by atoms with Gasteiger partial charge in [0, 0.05) is 0 Å². The van der Waals surface area contributed by atoms with Crippen LogP contribution in [0.15, 0.2) is 83.9 Å². The largest absolute Gasteiger partial charge is 1.00 e. The molecule has 2 aliphatic carbocycles. The molecule has 2 unspecified atom stereocenters. The topological polar surface area (TPSA) is 0 Å². The van der Waals surface area contributed by atoms with Crippen molar-refractivity contribution < 1.29 is 44.9 Å². The first kappa shape index (κ1) is 25.6. The average Bonchev–Trinajstić information content (AvgIpc) is 3.31. The fourth-order valence-corrected chi connectivity index (χ4v) is 35.5. The molecule has 0 aromatic heterocycles. The van der Waals surface area contributed by atoms with Crippen molar-refractivity contribution in [3.05, 3.63) is 106 Å². The second-order valence-electron chi connectivity index (χ2n) is 9.68. The van der Waals surface area contributed by atoms with Gasteiger partial charge < -0.3 is 24.8 Å². The SMILES string of the molecule is CC1=Cc2c(ccc3ccccc23)[CH]1[Hf+2]([CH]1C(C)=Cc2c1ccc1ccccc21)=[Si](C)C.[Cl-].[Cl-]. The number of hydrogen-bond acceptors (Lipinski definition) is 0. The van der Waals surface area contributed by atoms with Gasteiger partial charge in [-0.05, 0) is 0 Å². The van der Waals surface area contributed by atoms with E-state index in [2.05, 4.69) is 112 Å². The number of rotatable bonds is 2. The Morgan fingerprint density at radius 2 is 1.00 bits per heavy atom. The fraction of sp³-hybridized carbons (Fsp3) is 0.200. The number of hydrogen-bond donors (Lipinski definition) is 0. The van der Waals surface area contributed by atoms with Crippen LogP contribution in [0.5, 0.6) is 0 Å². The first-order valence-electron chi connectivity index (χ1n) is 11.6. The van der Waals surface area contributed by atoms with Crippen LogP contribution in [0.25, 0.3) is 33.7 Å². The zero-order chi connectivity index (χ0) is 22.0. The summed E-state index contributed by atoms with van der Waals surface area (Å²) in [5.74, 6) is 0. The third-order valence-electron chi connectivity index (χ3n) is 7.48. The Morgan fingerprint density at radius 1 is 0.588 bits per heavy atom. The Hall–Kier alpha value is -1.45. The Bertz CT molecular complexity index is 1420. The van der Waals surface area contributed by atoms with E-state index in [-0.39, 0.29) is 30.3 Å². The third kappa shape index (κ3) is 3.91. The second-order valence-corrected chi connectivity index (χ2v) is 34.6. The van der Waals surface area contributed by atoms with Crippen LogP contribution in [0, 0.1) is 0 Å². The zero-order valence-corrected chi connectivity index (χ0v) is 26.1. The molecule has 0 N–H and O–H groups in total. The van der Waals surface area contributed by atoms with E-state index in [1.807, 2.05) is 0 Å². The summed E-state index contributed by atoms with van der Waals surface area (Å²) in [7, 11) is 0. The molecule has 0 saturated carbocycles. The quantitative estimate of drug-likeness (QED) is 0.289. The Balaban J connectivity index is 0.00000137. The molecule has 2 aliphatic rings. The van der Waals surface area contributed by atoms with Gasteiger partial charge in [0.1, 0.15) is 0 Å². The minimum atomic E-state index is -2.18. The van der Waals surface area contributed by atoms with Crippen LogP contribution in [0.1, 0.15) is 43.5 Å². The maximum Gasteiger partial charge on any atom is -1.00 e. The molecule has 4 heteroatoms. The first-order chi connectivity index (χ1) is 15.5. The average molecular weight is 666 g/mol. The van der Waals surface area contributed by atoms with Crippen molar-refractivity contribution in [3.8, 4) is 0 Å². The molecule has 0 nitrogen and oxygen atoms in total.